The van der Waals surface area contributed by atoms with Crippen LogP contribution in [0.15, 0.2) is 17.6 Å². The van der Waals surface area contributed by atoms with Gasteiger partial charge in [0.1, 0.15) is 10.8 Å². The highest BCUT2D eigenvalue weighted by molar-refractivity contribution is 7.80. The summed E-state index contributed by atoms with van der Waals surface area (Å²) < 4.78 is 0. The van der Waals surface area contributed by atoms with Crippen LogP contribution in [-0.4, -0.2) is 15.0 Å². The van der Waals surface area contributed by atoms with E-state index >= 15 is 0 Å². The minimum Gasteiger partial charge on any atom is -0.389 e. The van der Waals surface area contributed by atoms with Gasteiger partial charge in [0, 0.05) is 11.6 Å². The number of pyridine rings is 1. The number of hydrogen-bond donors (Lipinski definition) is 2. The second-order valence-corrected chi connectivity index (χ2v) is 5.43. The molecule has 4 nitrogen and oxygen atoms in total. The Balaban J connectivity index is 2.19. The number of rotatable bonds is 4. The van der Waals surface area contributed by atoms with E-state index in [-0.39, 0.29) is 0 Å². The molecule has 2 aromatic heterocycles. The van der Waals surface area contributed by atoms with Gasteiger partial charge in [0.2, 0.25) is 0 Å². The molecule has 0 unspecified atom stereocenters. The molecule has 0 saturated carbocycles. The molecule has 0 aliphatic rings. The molecule has 0 fully saturated rings. The number of hydrogen-bond acceptors (Lipinski definition) is 5. The van der Waals surface area contributed by atoms with Crippen molar-refractivity contribution in [2.75, 3.05) is 5.32 Å². The van der Waals surface area contributed by atoms with Crippen LogP contribution >= 0.6 is 23.6 Å². The van der Waals surface area contributed by atoms with Crippen molar-refractivity contribution in [3.05, 3.63) is 39.5 Å². The molecule has 0 atom stereocenters. The first-order valence-electron chi connectivity index (χ1n) is 5.48. The lowest BCUT2D eigenvalue weighted by molar-refractivity contribution is 1.03. The number of nitrogens with two attached hydrogens (primary N) is 1. The molecule has 0 radical (unpaired) electrons. The van der Waals surface area contributed by atoms with Crippen LogP contribution in [0.4, 0.5) is 5.82 Å². The predicted octanol–water partition coefficient (Wildman–Crippen LogP) is 2.40. The monoisotopic (exact) mass is 278 g/mol. The van der Waals surface area contributed by atoms with Crippen molar-refractivity contribution in [2.45, 2.75) is 20.4 Å². The van der Waals surface area contributed by atoms with E-state index in [0.29, 0.717) is 17.4 Å². The third-order valence-electron chi connectivity index (χ3n) is 2.51. The smallest absolute Gasteiger partial charge is 0.136 e. The number of aryl methyl sites for hydroxylation is 2. The Bertz CT molecular complexity index is 577. The molecule has 0 aliphatic carbocycles. The number of aromatic nitrogens is 2. The Hall–Kier alpha value is -1.53. The molecule has 18 heavy (non-hydrogen) atoms. The average Bonchev–Trinajstić information content (AvgIpc) is 2.72. The van der Waals surface area contributed by atoms with E-state index in [1.54, 1.807) is 17.5 Å². The summed E-state index contributed by atoms with van der Waals surface area (Å²) in [5.74, 6) is 0.716. The normalized spacial score (nSPS) is 10.3. The first-order valence-corrected chi connectivity index (χ1v) is 6.77. The van der Waals surface area contributed by atoms with E-state index in [4.69, 9.17) is 18.0 Å². The maximum Gasteiger partial charge on any atom is 0.136 e. The minimum atomic E-state index is 0.359. The highest BCUT2D eigenvalue weighted by atomic mass is 32.1. The largest absolute Gasteiger partial charge is 0.389 e. The number of thiocarbonyl (C=S) groups is 1. The lowest BCUT2D eigenvalue weighted by Gasteiger charge is -2.11. The van der Waals surface area contributed by atoms with Crippen molar-refractivity contribution in [1.82, 2.24) is 9.97 Å². The van der Waals surface area contributed by atoms with E-state index in [1.165, 1.54) is 0 Å². The van der Waals surface area contributed by atoms with Crippen LogP contribution in [0, 0.1) is 13.8 Å². The first-order chi connectivity index (χ1) is 8.58. The zero-order valence-corrected chi connectivity index (χ0v) is 11.9. The SMILES string of the molecule is Cc1nc(CNc2nccc(C)c2C(N)=S)cs1. The minimum absolute atomic E-state index is 0.359. The third-order valence-corrected chi connectivity index (χ3v) is 3.54. The van der Waals surface area contributed by atoms with Crippen LogP contribution in [0.1, 0.15) is 21.8 Å². The summed E-state index contributed by atoms with van der Waals surface area (Å²) in [6.45, 7) is 4.57. The van der Waals surface area contributed by atoms with Gasteiger partial charge in [-0.05, 0) is 25.5 Å². The van der Waals surface area contributed by atoms with Crippen molar-refractivity contribution in [3.8, 4) is 0 Å². The van der Waals surface area contributed by atoms with Gasteiger partial charge >= 0.3 is 0 Å². The van der Waals surface area contributed by atoms with E-state index in [0.717, 1.165) is 21.8 Å². The lowest BCUT2D eigenvalue weighted by Crippen LogP contribution is -2.16. The molecule has 2 heterocycles. The fraction of sp³-hybridized carbons (Fsp3) is 0.250. The summed E-state index contributed by atoms with van der Waals surface area (Å²) in [4.78, 5) is 9.03. The topological polar surface area (TPSA) is 63.8 Å². The van der Waals surface area contributed by atoms with Gasteiger partial charge in [-0.1, -0.05) is 12.2 Å². The van der Waals surface area contributed by atoms with Crippen LogP contribution in [0.3, 0.4) is 0 Å². The Morgan fingerprint density at radius 1 is 1.50 bits per heavy atom. The maximum absolute atomic E-state index is 5.73. The van der Waals surface area contributed by atoms with E-state index in [2.05, 4.69) is 15.3 Å². The van der Waals surface area contributed by atoms with Gasteiger partial charge in [0.15, 0.2) is 0 Å². The van der Waals surface area contributed by atoms with Crippen LogP contribution in [0.25, 0.3) is 0 Å². The molecule has 2 rings (SSSR count). The third kappa shape index (κ3) is 2.83. The molecule has 2 aromatic rings. The molecule has 94 valence electrons. The van der Waals surface area contributed by atoms with Crippen LogP contribution in [0.2, 0.25) is 0 Å². The maximum atomic E-state index is 5.73. The predicted molar refractivity (Wildman–Crippen MR) is 79.0 cm³/mol. The zero-order chi connectivity index (χ0) is 13.1. The molecule has 0 saturated heterocycles. The Labute approximate surface area is 115 Å². The molecular formula is C12H14N4S2. The molecule has 0 bridgehead atoms. The summed E-state index contributed by atoms with van der Waals surface area (Å²) in [7, 11) is 0. The Morgan fingerprint density at radius 2 is 2.28 bits per heavy atom. The number of nitrogens with one attached hydrogen (secondary N) is 1. The number of thiazole rings is 1. The molecule has 0 aliphatic heterocycles. The van der Waals surface area contributed by atoms with Gasteiger partial charge in [-0.25, -0.2) is 9.97 Å². The molecule has 0 aromatic carbocycles. The Morgan fingerprint density at radius 3 is 2.89 bits per heavy atom. The molecule has 6 heteroatoms. The lowest BCUT2D eigenvalue weighted by atomic mass is 10.1. The Kier molecular flexibility index (Phi) is 3.88. The highest BCUT2D eigenvalue weighted by Crippen LogP contribution is 2.17. The summed E-state index contributed by atoms with van der Waals surface area (Å²) in [6.07, 6.45) is 1.74. The van der Waals surface area contributed by atoms with E-state index in [9.17, 15) is 0 Å². The fourth-order valence-corrected chi connectivity index (χ4v) is 2.54. The van der Waals surface area contributed by atoms with Gasteiger partial charge in [0.05, 0.1) is 22.8 Å². The number of anilines is 1. The quantitative estimate of drug-likeness (QED) is 0.841. The van der Waals surface area contributed by atoms with Crippen LogP contribution in [0.5, 0.6) is 0 Å². The van der Waals surface area contributed by atoms with Gasteiger partial charge in [0.25, 0.3) is 0 Å². The van der Waals surface area contributed by atoms with Crippen molar-refractivity contribution >= 4 is 34.4 Å². The van der Waals surface area contributed by atoms with E-state index < -0.39 is 0 Å². The van der Waals surface area contributed by atoms with Gasteiger partial charge in [-0.3, -0.25) is 0 Å². The van der Waals surface area contributed by atoms with Gasteiger partial charge in [-0.2, -0.15) is 0 Å². The average molecular weight is 278 g/mol. The molecule has 0 spiro atoms. The summed E-state index contributed by atoms with van der Waals surface area (Å²) in [5.41, 5.74) is 8.55. The van der Waals surface area contributed by atoms with Gasteiger partial charge in [-0.15, -0.1) is 11.3 Å². The van der Waals surface area contributed by atoms with Crippen molar-refractivity contribution < 1.29 is 0 Å². The standard InChI is InChI=1S/C12H14N4S2/c1-7-3-4-14-12(10(7)11(13)17)15-5-9-6-18-8(2)16-9/h3-4,6H,5H2,1-2H3,(H2,13,17)(H,14,15). The fourth-order valence-electron chi connectivity index (χ4n) is 1.67. The highest BCUT2D eigenvalue weighted by Gasteiger charge is 2.09. The van der Waals surface area contributed by atoms with Crippen molar-refractivity contribution in [2.24, 2.45) is 5.73 Å². The van der Waals surface area contributed by atoms with Crippen molar-refractivity contribution in [1.29, 1.82) is 0 Å². The first kappa shape index (κ1) is 12.9. The molecule has 3 N–H and O–H groups in total. The van der Waals surface area contributed by atoms with E-state index in [1.807, 2.05) is 25.3 Å². The second-order valence-electron chi connectivity index (χ2n) is 3.93. The molecule has 0 amide bonds. The summed E-state index contributed by atoms with van der Waals surface area (Å²) in [6, 6.07) is 1.90. The van der Waals surface area contributed by atoms with Gasteiger partial charge < -0.3 is 11.1 Å². The molecular weight excluding hydrogens is 264 g/mol. The van der Waals surface area contributed by atoms with Crippen LogP contribution < -0.4 is 11.1 Å². The summed E-state index contributed by atoms with van der Waals surface area (Å²) >= 11 is 6.69. The summed E-state index contributed by atoms with van der Waals surface area (Å²) in [5, 5.41) is 6.31. The second kappa shape index (κ2) is 5.41. The number of nitrogens with zero attached hydrogens (tertiary/aromatic N) is 2. The zero-order valence-electron chi connectivity index (χ0n) is 10.2. The van der Waals surface area contributed by atoms with Crippen LogP contribution in [-0.2, 0) is 6.54 Å². The van der Waals surface area contributed by atoms with Crippen molar-refractivity contribution in [3.63, 3.8) is 0 Å².